The number of H-pyrrole nitrogens is 1. The van der Waals surface area contributed by atoms with Crippen molar-refractivity contribution in [2.45, 2.75) is 13.8 Å². The Labute approximate surface area is 135 Å². The average Bonchev–Trinajstić information content (AvgIpc) is 2.96. The summed E-state index contributed by atoms with van der Waals surface area (Å²) < 4.78 is 1.15. The fraction of sp³-hybridized carbons (Fsp3) is 0.143. The molecule has 9 heteroatoms. The SMILES string of the molecule is Cc1nc2nc[nH]n2c(=O)c1NC(=O)Nc1cccc(Cl)c1C. The Hall–Kier alpha value is -2.87. The van der Waals surface area contributed by atoms with Gasteiger partial charge in [-0.3, -0.25) is 9.89 Å². The number of rotatable bonds is 2. The van der Waals surface area contributed by atoms with Gasteiger partial charge >= 0.3 is 6.03 Å². The molecule has 23 heavy (non-hydrogen) atoms. The van der Waals surface area contributed by atoms with Crippen LogP contribution in [-0.2, 0) is 0 Å². The van der Waals surface area contributed by atoms with Crippen LogP contribution in [0.25, 0.3) is 5.78 Å². The molecule has 0 saturated carbocycles. The summed E-state index contributed by atoms with van der Waals surface area (Å²) in [7, 11) is 0. The first kappa shape index (κ1) is 15.0. The van der Waals surface area contributed by atoms with Gasteiger partial charge in [0.2, 0.25) is 0 Å². The number of anilines is 2. The summed E-state index contributed by atoms with van der Waals surface area (Å²) >= 11 is 6.01. The topological polar surface area (TPSA) is 104 Å². The van der Waals surface area contributed by atoms with E-state index in [4.69, 9.17) is 11.6 Å². The number of benzene rings is 1. The van der Waals surface area contributed by atoms with Crippen LogP contribution in [0.2, 0.25) is 5.02 Å². The number of aromatic amines is 1. The smallest absolute Gasteiger partial charge is 0.307 e. The highest BCUT2D eigenvalue weighted by molar-refractivity contribution is 6.31. The number of carbonyl (C=O) groups is 1. The van der Waals surface area contributed by atoms with Gasteiger partial charge in [0.15, 0.2) is 0 Å². The maximum atomic E-state index is 12.3. The van der Waals surface area contributed by atoms with Crippen LogP contribution < -0.4 is 16.2 Å². The second-order valence-corrected chi connectivity index (χ2v) is 5.30. The zero-order valence-electron chi connectivity index (χ0n) is 12.3. The Kier molecular flexibility index (Phi) is 3.75. The van der Waals surface area contributed by atoms with Gasteiger partial charge in [0, 0.05) is 10.7 Å². The minimum atomic E-state index is -0.558. The molecule has 0 radical (unpaired) electrons. The van der Waals surface area contributed by atoms with Crippen LogP contribution in [0.3, 0.4) is 0 Å². The van der Waals surface area contributed by atoms with Gasteiger partial charge in [-0.1, -0.05) is 17.7 Å². The van der Waals surface area contributed by atoms with Gasteiger partial charge in [0.05, 0.1) is 5.69 Å². The van der Waals surface area contributed by atoms with Crippen LogP contribution in [0.5, 0.6) is 0 Å². The van der Waals surface area contributed by atoms with Gasteiger partial charge in [-0.05, 0) is 31.5 Å². The number of aryl methyl sites for hydroxylation is 1. The first-order valence-corrected chi connectivity index (χ1v) is 7.11. The second-order valence-electron chi connectivity index (χ2n) is 4.89. The molecule has 0 unspecified atom stereocenters. The molecule has 0 aliphatic heterocycles. The summed E-state index contributed by atoms with van der Waals surface area (Å²) in [5.41, 5.74) is 1.30. The van der Waals surface area contributed by atoms with Crippen molar-refractivity contribution in [3.8, 4) is 0 Å². The molecule has 0 aliphatic carbocycles. The predicted octanol–water partition coefficient (Wildman–Crippen LogP) is 2.33. The Morgan fingerprint density at radius 1 is 1.30 bits per heavy atom. The van der Waals surface area contributed by atoms with Gasteiger partial charge in [-0.2, -0.15) is 4.52 Å². The molecular formula is C14H13ClN6O2. The highest BCUT2D eigenvalue weighted by Crippen LogP contribution is 2.23. The van der Waals surface area contributed by atoms with Crippen molar-refractivity contribution in [1.29, 1.82) is 0 Å². The Morgan fingerprint density at radius 2 is 2.09 bits per heavy atom. The quantitative estimate of drug-likeness (QED) is 0.670. The predicted molar refractivity (Wildman–Crippen MR) is 87.2 cm³/mol. The first-order chi connectivity index (χ1) is 11.0. The molecule has 0 atom stereocenters. The molecule has 0 spiro atoms. The standard InChI is InChI=1S/C14H13ClN6O2/c1-7-9(15)4-3-5-10(7)19-14(23)20-11-8(2)18-13-16-6-17-21(13)12(11)22/h3-6H,1-2H3,(H,16,17,18)(H2,19,20,23). The molecule has 0 bridgehead atoms. The molecule has 0 saturated heterocycles. The summed E-state index contributed by atoms with van der Waals surface area (Å²) in [5.74, 6) is 0.240. The van der Waals surface area contributed by atoms with Gasteiger partial charge in [0.25, 0.3) is 11.3 Å². The van der Waals surface area contributed by atoms with Gasteiger partial charge in [-0.25, -0.2) is 14.8 Å². The fourth-order valence-electron chi connectivity index (χ4n) is 2.11. The summed E-state index contributed by atoms with van der Waals surface area (Å²) in [4.78, 5) is 32.5. The van der Waals surface area contributed by atoms with Crippen molar-refractivity contribution in [3.05, 3.63) is 51.2 Å². The Bertz CT molecular complexity index is 962. The zero-order chi connectivity index (χ0) is 16.6. The summed E-state index contributed by atoms with van der Waals surface area (Å²) in [6, 6.07) is 4.61. The summed E-state index contributed by atoms with van der Waals surface area (Å²) in [5, 5.41) is 8.36. The third kappa shape index (κ3) is 2.76. The number of halogens is 1. The highest BCUT2D eigenvalue weighted by Gasteiger charge is 2.14. The maximum absolute atomic E-state index is 12.3. The van der Waals surface area contributed by atoms with Crippen molar-refractivity contribution in [3.63, 3.8) is 0 Å². The molecule has 2 heterocycles. The van der Waals surface area contributed by atoms with E-state index in [-0.39, 0.29) is 11.5 Å². The average molecular weight is 333 g/mol. The molecule has 0 aliphatic rings. The number of nitrogens with zero attached hydrogens (tertiary/aromatic N) is 3. The number of hydrogen-bond acceptors (Lipinski definition) is 4. The van der Waals surface area contributed by atoms with E-state index in [0.717, 1.165) is 10.1 Å². The summed E-state index contributed by atoms with van der Waals surface area (Å²) in [6.45, 7) is 3.41. The highest BCUT2D eigenvalue weighted by atomic mass is 35.5. The minimum Gasteiger partial charge on any atom is -0.307 e. The van der Waals surface area contributed by atoms with Crippen molar-refractivity contribution < 1.29 is 4.79 Å². The number of aromatic nitrogens is 4. The number of urea groups is 1. The lowest BCUT2D eigenvalue weighted by Crippen LogP contribution is -2.28. The van der Waals surface area contributed by atoms with Gasteiger partial charge < -0.3 is 10.6 Å². The van der Waals surface area contributed by atoms with Crippen molar-refractivity contribution in [2.75, 3.05) is 10.6 Å². The number of amides is 2. The molecule has 3 N–H and O–H groups in total. The van der Waals surface area contributed by atoms with Gasteiger partial charge in [-0.15, -0.1) is 0 Å². The van der Waals surface area contributed by atoms with Gasteiger partial charge in [0.1, 0.15) is 12.0 Å². The minimum absolute atomic E-state index is 0.0731. The molecule has 3 aromatic rings. The monoisotopic (exact) mass is 332 g/mol. The lowest BCUT2D eigenvalue weighted by atomic mass is 10.2. The maximum Gasteiger partial charge on any atom is 0.323 e. The van der Waals surface area contributed by atoms with E-state index in [0.29, 0.717) is 16.4 Å². The van der Waals surface area contributed by atoms with Crippen molar-refractivity contribution >= 4 is 34.8 Å². The number of carbonyl (C=O) groups excluding carboxylic acids is 1. The molecule has 0 fully saturated rings. The third-order valence-electron chi connectivity index (χ3n) is 3.37. The van der Waals surface area contributed by atoms with E-state index in [2.05, 4.69) is 25.7 Å². The van der Waals surface area contributed by atoms with E-state index >= 15 is 0 Å². The van der Waals surface area contributed by atoms with E-state index in [1.807, 2.05) is 0 Å². The van der Waals surface area contributed by atoms with Crippen LogP contribution in [-0.4, -0.2) is 25.6 Å². The van der Waals surface area contributed by atoms with E-state index in [9.17, 15) is 9.59 Å². The molecule has 2 aromatic heterocycles. The van der Waals surface area contributed by atoms with E-state index in [1.54, 1.807) is 32.0 Å². The van der Waals surface area contributed by atoms with Crippen LogP contribution in [0.15, 0.2) is 29.3 Å². The Balaban J connectivity index is 1.88. The molecule has 118 valence electrons. The van der Waals surface area contributed by atoms with E-state index < -0.39 is 11.6 Å². The van der Waals surface area contributed by atoms with Crippen LogP contribution in [0, 0.1) is 13.8 Å². The lowest BCUT2D eigenvalue weighted by Gasteiger charge is -2.11. The third-order valence-corrected chi connectivity index (χ3v) is 3.78. The first-order valence-electron chi connectivity index (χ1n) is 6.73. The molecule has 2 amide bonds. The summed E-state index contributed by atoms with van der Waals surface area (Å²) in [6.07, 6.45) is 1.35. The largest absolute Gasteiger partial charge is 0.323 e. The number of hydrogen-bond donors (Lipinski definition) is 3. The van der Waals surface area contributed by atoms with Crippen LogP contribution in [0.4, 0.5) is 16.2 Å². The number of fused-ring (bicyclic) bond motifs is 1. The van der Waals surface area contributed by atoms with Crippen LogP contribution >= 0.6 is 11.6 Å². The van der Waals surface area contributed by atoms with Crippen LogP contribution in [0.1, 0.15) is 11.3 Å². The number of nitrogens with one attached hydrogen (secondary N) is 3. The molecule has 1 aromatic carbocycles. The molecule has 8 nitrogen and oxygen atoms in total. The molecular weight excluding hydrogens is 320 g/mol. The van der Waals surface area contributed by atoms with Crippen molar-refractivity contribution in [2.24, 2.45) is 0 Å². The Morgan fingerprint density at radius 3 is 2.87 bits per heavy atom. The fourth-order valence-corrected chi connectivity index (χ4v) is 2.29. The van der Waals surface area contributed by atoms with Crippen molar-refractivity contribution in [1.82, 2.24) is 19.6 Å². The van der Waals surface area contributed by atoms with E-state index in [1.165, 1.54) is 6.33 Å². The normalized spacial score (nSPS) is 10.7. The zero-order valence-corrected chi connectivity index (χ0v) is 13.1. The lowest BCUT2D eigenvalue weighted by molar-refractivity contribution is 0.262. The second kappa shape index (κ2) is 5.73. The molecule has 3 rings (SSSR count).